The van der Waals surface area contributed by atoms with Crippen molar-refractivity contribution in [3.63, 3.8) is 0 Å². The lowest BCUT2D eigenvalue weighted by Gasteiger charge is -2.35. The number of fused-ring (bicyclic) bond motifs is 6. The molecule has 5 heteroatoms. The Labute approximate surface area is 145 Å². The summed E-state index contributed by atoms with van der Waals surface area (Å²) in [5.41, 5.74) is 1.79. The number of aromatic amines is 1. The molecular weight excluding hydrogens is 318 g/mol. The summed E-state index contributed by atoms with van der Waals surface area (Å²) >= 11 is 0. The Morgan fingerprint density at radius 1 is 1.16 bits per heavy atom. The molecule has 0 saturated heterocycles. The van der Waals surface area contributed by atoms with Crippen molar-refractivity contribution in [1.29, 1.82) is 0 Å². The third-order valence-corrected chi connectivity index (χ3v) is 5.12. The number of H-pyrrole nitrogens is 1. The third-order valence-electron chi connectivity index (χ3n) is 5.12. The first-order valence-electron chi connectivity index (χ1n) is 8.52. The number of benzene rings is 1. The maximum Gasteiger partial charge on any atom is 0.248 e. The number of pyridine rings is 1. The van der Waals surface area contributed by atoms with Crippen molar-refractivity contribution in [3.8, 4) is 11.5 Å². The first-order chi connectivity index (χ1) is 11.7. The molecule has 0 amide bonds. The van der Waals surface area contributed by atoms with E-state index in [2.05, 4.69) is 4.98 Å². The minimum absolute atomic E-state index is 0.0129. The van der Waals surface area contributed by atoms with Gasteiger partial charge in [-0.1, -0.05) is 6.92 Å². The Kier molecular flexibility index (Phi) is 3.17. The lowest BCUT2D eigenvalue weighted by molar-refractivity contribution is 0.0730. The molecule has 5 nitrogen and oxygen atoms in total. The standard InChI is InChI=1S/C20H21NO4/c1-9-8-13(22)21-16-14(9)19-12(6-7-20(4,5)25-19)18-15(16)17(23)10(2)11(3)24-18/h6-8,10-11H,1-5H3,(H,21,22). The number of ether oxygens (including phenoxy) is 2. The fourth-order valence-electron chi connectivity index (χ4n) is 3.58. The van der Waals surface area contributed by atoms with Gasteiger partial charge in [-0.2, -0.15) is 0 Å². The molecule has 2 aliphatic heterocycles. The van der Waals surface area contributed by atoms with E-state index in [9.17, 15) is 9.59 Å². The fraction of sp³-hybridized carbons (Fsp3) is 0.400. The zero-order chi connectivity index (χ0) is 18.1. The smallest absolute Gasteiger partial charge is 0.248 e. The minimum Gasteiger partial charge on any atom is -0.488 e. The average molecular weight is 339 g/mol. The van der Waals surface area contributed by atoms with Crippen LogP contribution in [-0.4, -0.2) is 22.5 Å². The number of rotatable bonds is 0. The number of carbonyl (C=O) groups excluding carboxylic acids is 1. The highest BCUT2D eigenvalue weighted by Crippen LogP contribution is 2.48. The molecule has 130 valence electrons. The number of hydrogen-bond acceptors (Lipinski definition) is 4. The van der Waals surface area contributed by atoms with Crippen LogP contribution < -0.4 is 15.0 Å². The predicted octanol–water partition coefficient (Wildman–Crippen LogP) is 3.62. The lowest BCUT2D eigenvalue weighted by atomic mass is 9.86. The zero-order valence-electron chi connectivity index (χ0n) is 15.0. The number of aryl methyl sites for hydroxylation is 1. The summed E-state index contributed by atoms with van der Waals surface area (Å²) in [5, 5.41) is 0.768. The summed E-state index contributed by atoms with van der Waals surface area (Å²) < 4.78 is 12.3. The molecule has 0 saturated carbocycles. The van der Waals surface area contributed by atoms with Gasteiger partial charge in [-0.05, 0) is 45.4 Å². The summed E-state index contributed by atoms with van der Waals surface area (Å²) in [6, 6.07) is 1.53. The number of aromatic nitrogens is 1. The van der Waals surface area contributed by atoms with Crippen LogP contribution in [0.1, 0.15) is 49.2 Å². The number of ketones is 1. The normalized spacial score (nSPS) is 23.6. The van der Waals surface area contributed by atoms with Crippen molar-refractivity contribution in [1.82, 2.24) is 4.98 Å². The van der Waals surface area contributed by atoms with Crippen LogP contribution in [0.15, 0.2) is 16.9 Å². The molecule has 25 heavy (non-hydrogen) atoms. The zero-order valence-corrected chi connectivity index (χ0v) is 15.0. The van der Waals surface area contributed by atoms with E-state index in [-0.39, 0.29) is 23.4 Å². The van der Waals surface area contributed by atoms with E-state index in [0.717, 1.165) is 16.5 Å². The van der Waals surface area contributed by atoms with Gasteiger partial charge in [0.1, 0.15) is 23.2 Å². The quantitative estimate of drug-likeness (QED) is 0.796. The highest BCUT2D eigenvalue weighted by molar-refractivity contribution is 6.14. The van der Waals surface area contributed by atoms with Gasteiger partial charge in [0.05, 0.1) is 22.6 Å². The first kappa shape index (κ1) is 15.9. The van der Waals surface area contributed by atoms with E-state index in [0.29, 0.717) is 22.6 Å². The molecule has 0 aliphatic carbocycles. The molecule has 1 aromatic heterocycles. The van der Waals surface area contributed by atoms with Crippen LogP contribution in [0.25, 0.3) is 17.0 Å². The van der Waals surface area contributed by atoms with Crippen LogP contribution in [-0.2, 0) is 0 Å². The van der Waals surface area contributed by atoms with E-state index >= 15 is 0 Å². The largest absolute Gasteiger partial charge is 0.488 e. The number of nitrogens with one attached hydrogen (secondary N) is 1. The van der Waals surface area contributed by atoms with Gasteiger partial charge < -0.3 is 14.5 Å². The van der Waals surface area contributed by atoms with Crippen LogP contribution in [0.2, 0.25) is 0 Å². The molecule has 0 radical (unpaired) electrons. The van der Waals surface area contributed by atoms with Crippen molar-refractivity contribution >= 4 is 22.8 Å². The van der Waals surface area contributed by atoms with Crippen LogP contribution in [0.4, 0.5) is 0 Å². The molecule has 0 fully saturated rings. The summed E-state index contributed by atoms with van der Waals surface area (Å²) in [4.78, 5) is 27.9. The van der Waals surface area contributed by atoms with Gasteiger partial charge in [-0.25, -0.2) is 0 Å². The van der Waals surface area contributed by atoms with E-state index in [1.54, 1.807) is 0 Å². The van der Waals surface area contributed by atoms with Gasteiger partial charge in [-0.3, -0.25) is 9.59 Å². The minimum atomic E-state index is -0.478. The summed E-state index contributed by atoms with van der Waals surface area (Å²) in [5.74, 6) is 0.874. The van der Waals surface area contributed by atoms with Crippen molar-refractivity contribution in [3.05, 3.63) is 39.2 Å². The number of Topliss-reactive ketones (excluding diaryl/α,β-unsaturated/α-hetero) is 1. The van der Waals surface area contributed by atoms with E-state index < -0.39 is 5.60 Å². The molecule has 1 aromatic carbocycles. The van der Waals surface area contributed by atoms with Gasteiger partial charge in [0.15, 0.2) is 5.78 Å². The van der Waals surface area contributed by atoms with Crippen molar-refractivity contribution in [2.45, 2.75) is 46.3 Å². The predicted molar refractivity (Wildman–Crippen MR) is 96.6 cm³/mol. The third kappa shape index (κ3) is 2.22. The molecule has 2 unspecified atom stereocenters. The molecule has 2 aliphatic rings. The molecule has 4 rings (SSSR count). The van der Waals surface area contributed by atoms with Crippen molar-refractivity contribution < 1.29 is 14.3 Å². The van der Waals surface area contributed by atoms with Crippen molar-refractivity contribution in [2.75, 3.05) is 0 Å². The van der Waals surface area contributed by atoms with E-state index in [4.69, 9.17) is 9.47 Å². The van der Waals surface area contributed by atoms with Crippen LogP contribution in [0.5, 0.6) is 11.5 Å². The van der Waals surface area contributed by atoms with Gasteiger partial charge in [0.25, 0.3) is 0 Å². The molecule has 0 spiro atoms. The van der Waals surface area contributed by atoms with Gasteiger partial charge in [0.2, 0.25) is 5.56 Å². The molecular formula is C20H21NO4. The number of carbonyl (C=O) groups is 1. The van der Waals surface area contributed by atoms with E-state index in [1.807, 2.05) is 46.8 Å². The Morgan fingerprint density at radius 3 is 2.60 bits per heavy atom. The second kappa shape index (κ2) is 4.97. The maximum atomic E-state index is 13.0. The molecule has 3 heterocycles. The average Bonchev–Trinajstić information content (AvgIpc) is 2.50. The molecule has 2 aromatic rings. The topological polar surface area (TPSA) is 68.4 Å². The van der Waals surface area contributed by atoms with Crippen LogP contribution in [0.3, 0.4) is 0 Å². The number of hydrogen-bond donors (Lipinski definition) is 1. The fourth-order valence-corrected chi connectivity index (χ4v) is 3.58. The Balaban J connectivity index is 2.20. The Bertz CT molecular complexity index is 1010. The SMILES string of the molecule is Cc1cc(=O)[nH]c2c3c(c4c(c12)OC(C)(C)C=C4)OC(C)C(C)C3=O. The Morgan fingerprint density at radius 2 is 1.88 bits per heavy atom. The van der Waals surface area contributed by atoms with Gasteiger partial charge in [0, 0.05) is 11.5 Å². The van der Waals surface area contributed by atoms with Crippen LogP contribution >= 0.6 is 0 Å². The second-order valence-electron chi connectivity index (χ2n) is 7.53. The summed E-state index contributed by atoms with van der Waals surface area (Å²) in [6.45, 7) is 9.53. The Hall–Kier alpha value is -2.56. The van der Waals surface area contributed by atoms with E-state index in [1.165, 1.54) is 6.07 Å². The monoisotopic (exact) mass is 339 g/mol. The lowest BCUT2D eigenvalue weighted by Crippen LogP contribution is -2.35. The highest BCUT2D eigenvalue weighted by Gasteiger charge is 2.38. The first-order valence-corrected chi connectivity index (χ1v) is 8.52. The summed E-state index contributed by atoms with van der Waals surface area (Å²) in [7, 11) is 0. The second-order valence-corrected chi connectivity index (χ2v) is 7.53. The van der Waals surface area contributed by atoms with Crippen molar-refractivity contribution in [2.24, 2.45) is 5.92 Å². The molecule has 0 bridgehead atoms. The summed E-state index contributed by atoms with van der Waals surface area (Å²) in [6.07, 6.45) is 3.68. The molecule has 2 atom stereocenters. The van der Waals surface area contributed by atoms with Gasteiger partial charge in [-0.15, -0.1) is 0 Å². The maximum absolute atomic E-state index is 13.0. The highest BCUT2D eigenvalue weighted by atomic mass is 16.5. The molecule has 1 N–H and O–H groups in total. The van der Waals surface area contributed by atoms with Gasteiger partial charge >= 0.3 is 0 Å². The van der Waals surface area contributed by atoms with Crippen LogP contribution in [0, 0.1) is 12.8 Å².